The molecule has 0 aliphatic carbocycles. The molecule has 0 radical (unpaired) electrons. The number of rotatable bonds is 17. The highest BCUT2D eigenvalue weighted by Crippen LogP contribution is 2.03. The molecule has 11 nitrogen and oxygen atoms in total. The molecular weight excluding hydrogens is 384 g/mol. The van der Waals surface area contributed by atoms with Crippen molar-refractivity contribution in [1.82, 2.24) is 20.9 Å². The summed E-state index contributed by atoms with van der Waals surface area (Å²) < 4.78 is 15.8. The van der Waals surface area contributed by atoms with E-state index in [4.69, 9.17) is 14.2 Å². The van der Waals surface area contributed by atoms with Crippen LogP contribution in [0.5, 0.6) is 0 Å². The van der Waals surface area contributed by atoms with E-state index in [1.54, 1.807) is 0 Å². The van der Waals surface area contributed by atoms with E-state index in [1.807, 2.05) is 7.05 Å². The molecule has 0 saturated heterocycles. The van der Waals surface area contributed by atoms with Gasteiger partial charge in [-0.25, -0.2) is 0 Å². The van der Waals surface area contributed by atoms with Crippen LogP contribution in [0.15, 0.2) is 12.2 Å². The van der Waals surface area contributed by atoms with E-state index >= 15 is 0 Å². The van der Waals surface area contributed by atoms with Gasteiger partial charge in [0.05, 0.1) is 33.0 Å². The molecule has 0 saturated carbocycles. The van der Waals surface area contributed by atoms with Crippen LogP contribution in [0.1, 0.15) is 6.42 Å². The summed E-state index contributed by atoms with van der Waals surface area (Å²) in [5.41, 5.74) is 0. The van der Waals surface area contributed by atoms with Crippen LogP contribution < -0.4 is 16.0 Å². The molecule has 0 aromatic rings. The normalized spacial score (nSPS) is 13.2. The molecule has 0 bridgehead atoms. The number of carbonyl (C=O) groups is 4. The minimum absolute atomic E-state index is 0.000134. The molecule has 164 valence electrons. The standard InChI is InChI=1S/C18H30N4O7/c1-19-5-6-20-16(24)14-29-13-12-28-11-10-27-9-7-21-15(23)4-8-22-17(25)2-3-18(22)26/h2-3,19H,4-14H2,1H3,(H,20,24)(H,21,23). The number of nitrogens with zero attached hydrogens (tertiary/aromatic N) is 1. The number of ether oxygens (including phenoxy) is 3. The van der Waals surface area contributed by atoms with Gasteiger partial charge in [0.25, 0.3) is 11.8 Å². The van der Waals surface area contributed by atoms with E-state index in [0.717, 1.165) is 4.90 Å². The van der Waals surface area contributed by atoms with Crippen LogP contribution in [0.4, 0.5) is 0 Å². The zero-order chi connectivity index (χ0) is 21.3. The van der Waals surface area contributed by atoms with Crippen molar-refractivity contribution >= 4 is 23.6 Å². The van der Waals surface area contributed by atoms with Gasteiger partial charge >= 0.3 is 0 Å². The Kier molecular flexibility index (Phi) is 13.3. The van der Waals surface area contributed by atoms with Gasteiger partial charge in [-0.05, 0) is 7.05 Å². The van der Waals surface area contributed by atoms with Crippen LogP contribution >= 0.6 is 0 Å². The molecule has 1 heterocycles. The minimum atomic E-state index is -0.399. The van der Waals surface area contributed by atoms with Gasteiger partial charge in [-0.1, -0.05) is 0 Å². The van der Waals surface area contributed by atoms with Gasteiger partial charge in [0.1, 0.15) is 6.61 Å². The van der Waals surface area contributed by atoms with E-state index in [2.05, 4.69) is 16.0 Å². The molecule has 0 spiro atoms. The fourth-order valence-corrected chi connectivity index (χ4v) is 2.20. The number of carbonyl (C=O) groups excluding carboxylic acids is 4. The summed E-state index contributed by atoms with van der Waals surface area (Å²) >= 11 is 0. The monoisotopic (exact) mass is 414 g/mol. The molecule has 1 aliphatic rings. The zero-order valence-electron chi connectivity index (χ0n) is 16.7. The van der Waals surface area contributed by atoms with Crippen LogP contribution in [0.25, 0.3) is 0 Å². The Hall–Kier alpha value is -2.34. The van der Waals surface area contributed by atoms with Crippen LogP contribution in [0.2, 0.25) is 0 Å². The molecule has 1 aliphatic heterocycles. The first-order chi connectivity index (χ1) is 14.0. The second-order valence-corrected chi connectivity index (χ2v) is 5.99. The van der Waals surface area contributed by atoms with Gasteiger partial charge in [-0.3, -0.25) is 24.1 Å². The van der Waals surface area contributed by atoms with Crippen LogP contribution in [-0.4, -0.2) is 101 Å². The van der Waals surface area contributed by atoms with Crippen molar-refractivity contribution in [2.45, 2.75) is 6.42 Å². The first-order valence-corrected chi connectivity index (χ1v) is 9.49. The molecule has 0 atom stereocenters. The van der Waals surface area contributed by atoms with E-state index in [-0.39, 0.29) is 31.4 Å². The van der Waals surface area contributed by atoms with Gasteiger partial charge in [-0.2, -0.15) is 0 Å². The molecule has 11 heteroatoms. The van der Waals surface area contributed by atoms with Gasteiger partial charge in [-0.15, -0.1) is 0 Å². The number of amides is 4. The smallest absolute Gasteiger partial charge is 0.253 e. The largest absolute Gasteiger partial charge is 0.377 e. The summed E-state index contributed by atoms with van der Waals surface area (Å²) in [4.78, 5) is 46.7. The first kappa shape index (κ1) is 24.7. The van der Waals surface area contributed by atoms with Crippen molar-refractivity contribution in [3.8, 4) is 0 Å². The van der Waals surface area contributed by atoms with Crippen molar-refractivity contribution in [2.75, 3.05) is 72.9 Å². The van der Waals surface area contributed by atoms with Gasteiger partial charge in [0, 0.05) is 44.8 Å². The Morgan fingerprint density at radius 2 is 1.41 bits per heavy atom. The van der Waals surface area contributed by atoms with Crippen molar-refractivity contribution in [3.05, 3.63) is 12.2 Å². The molecule has 4 amide bonds. The van der Waals surface area contributed by atoms with E-state index in [9.17, 15) is 19.2 Å². The van der Waals surface area contributed by atoms with Crippen molar-refractivity contribution < 1.29 is 33.4 Å². The third kappa shape index (κ3) is 12.0. The van der Waals surface area contributed by atoms with E-state index < -0.39 is 11.8 Å². The first-order valence-electron chi connectivity index (χ1n) is 9.49. The molecule has 3 N–H and O–H groups in total. The predicted octanol–water partition coefficient (Wildman–Crippen LogP) is -2.20. The van der Waals surface area contributed by atoms with Crippen LogP contribution in [0.3, 0.4) is 0 Å². The quantitative estimate of drug-likeness (QED) is 0.180. The molecule has 1 rings (SSSR count). The van der Waals surface area contributed by atoms with Crippen molar-refractivity contribution in [1.29, 1.82) is 0 Å². The molecule has 0 fully saturated rings. The molecule has 0 aromatic heterocycles. The maximum absolute atomic E-state index is 11.7. The highest BCUT2D eigenvalue weighted by atomic mass is 16.5. The fraction of sp³-hybridized carbons (Fsp3) is 0.667. The minimum Gasteiger partial charge on any atom is -0.377 e. The number of hydrogen-bond donors (Lipinski definition) is 3. The number of hydrogen-bond acceptors (Lipinski definition) is 8. The summed E-state index contributed by atoms with van der Waals surface area (Å²) in [5.74, 6) is -1.22. The highest BCUT2D eigenvalue weighted by Gasteiger charge is 2.23. The average Bonchev–Trinajstić information content (AvgIpc) is 3.02. The summed E-state index contributed by atoms with van der Waals surface area (Å²) in [7, 11) is 1.81. The Bertz CT molecular complexity index is 550. The Balaban J connectivity index is 1.84. The number of nitrogens with one attached hydrogen (secondary N) is 3. The second-order valence-electron chi connectivity index (χ2n) is 5.99. The zero-order valence-corrected chi connectivity index (χ0v) is 16.7. The molecule has 0 unspecified atom stereocenters. The third-order valence-electron chi connectivity index (χ3n) is 3.71. The van der Waals surface area contributed by atoms with E-state index in [1.165, 1.54) is 12.2 Å². The van der Waals surface area contributed by atoms with Crippen molar-refractivity contribution in [2.24, 2.45) is 0 Å². The van der Waals surface area contributed by atoms with Crippen molar-refractivity contribution in [3.63, 3.8) is 0 Å². The molecular formula is C18H30N4O7. The third-order valence-corrected chi connectivity index (χ3v) is 3.71. The SMILES string of the molecule is CNCCNC(=O)COCCOCCOCCNC(=O)CCN1C(=O)C=CC1=O. The van der Waals surface area contributed by atoms with E-state index in [0.29, 0.717) is 52.7 Å². The molecule has 29 heavy (non-hydrogen) atoms. The lowest BCUT2D eigenvalue weighted by atomic mass is 10.3. The average molecular weight is 414 g/mol. The maximum Gasteiger partial charge on any atom is 0.253 e. The summed E-state index contributed by atoms with van der Waals surface area (Å²) in [5, 5.41) is 8.27. The summed E-state index contributed by atoms with van der Waals surface area (Å²) in [6.45, 7) is 3.37. The highest BCUT2D eigenvalue weighted by molar-refractivity contribution is 6.13. The Morgan fingerprint density at radius 1 is 0.828 bits per heavy atom. The lowest BCUT2D eigenvalue weighted by molar-refractivity contribution is -0.137. The fourth-order valence-electron chi connectivity index (χ4n) is 2.20. The summed E-state index contributed by atoms with van der Waals surface area (Å²) in [6, 6.07) is 0. The topological polar surface area (TPSA) is 135 Å². The molecule has 0 aromatic carbocycles. The summed E-state index contributed by atoms with van der Waals surface area (Å²) in [6.07, 6.45) is 2.42. The number of imide groups is 1. The van der Waals surface area contributed by atoms with Crippen LogP contribution in [0, 0.1) is 0 Å². The Morgan fingerprint density at radius 3 is 2.07 bits per heavy atom. The second kappa shape index (κ2) is 15.6. The van der Waals surface area contributed by atoms with Crippen LogP contribution in [-0.2, 0) is 33.4 Å². The predicted molar refractivity (Wildman–Crippen MR) is 103 cm³/mol. The van der Waals surface area contributed by atoms with Gasteiger partial charge in [0.15, 0.2) is 0 Å². The van der Waals surface area contributed by atoms with Gasteiger partial charge in [0.2, 0.25) is 11.8 Å². The number of likely N-dealkylation sites (N-methyl/N-ethyl adjacent to an activating group) is 1. The maximum atomic E-state index is 11.7. The van der Waals surface area contributed by atoms with Gasteiger partial charge < -0.3 is 30.2 Å². The lowest BCUT2D eigenvalue weighted by Gasteiger charge is -2.13. The Labute approximate surface area is 170 Å². The lowest BCUT2D eigenvalue weighted by Crippen LogP contribution is -2.35.